The number of esters is 2. The first-order valence-electron chi connectivity index (χ1n) is 9.22. The molecule has 2 heterocycles. The summed E-state index contributed by atoms with van der Waals surface area (Å²) in [6.07, 6.45) is 3.39. The number of carbonyl (C=O) groups excluding carboxylic acids is 2. The Morgan fingerprint density at radius 3 is 2.63 bits per heavy atom. The highest BCUT2D eigenvalue weighted by Crippen LogP contribution is 2.23. The van der Waals surface area contributed by atoms with E-state index in [2.05, 4.69) is 4.98 Å². The van der Waals surface area contributed by atoms with Crippen LogP contribution in [-0.4, -0.2) is 34.7 Å². The van der Waals surface area contributed by atoms with Crippen LogP contribution in [0.2, 0.25) is 0 Å². The maximum absolute atomic E-state index is 13.0. The number of rotatable bonds is 9. The van der Waals surface area contributed by atoms with Gasteiger partial charge in [-0.25, -0.2) is 14.6 Å². The van der Waals surface area contributed by atoms with Crippen LogP contribution < -0.4 is 5.56 Å². The molecule has 0 saturated heterocycles. The molecule has 0 saturated carbocycles. The van der Waals surface area contributed by atoms with Crippen molar-refractivity contribution in [3.63, 3.8) is 0 Å². The number of nitrogens with zero attached hydrogens (tertiary/aromatic N) is 2. The van der Waals surface area contributed by atoms with Crippen molar-refractivity contribution < 1.29 is 19.1 Å². The van der Waals surface area contributed by atoms with Crippen molar-refractivity contribution in [2.75, 3.05) is 13.2 Å². The number of aromatic nitrogens is 2. The average molecular weight is 394 g/mol. The van der Waals surface area contributed by atoms with E-state index in [1.807, 2.05) is 20.8 Å². The molecule has 2 aromatic heterocycles. The number of ether oxygens (including phenoxy) is 2. The van der Waals surface area contributed by atoms with Gasteiger partial charge in [0.15, 0.2) is 0 Å². The molecule has 8 heteroatoms. The lowest BCUT2D eigenvalue weighted by molar-refractivity contribution is -0.149. The summed E-state index contributed by atoms with van der Waals surface area (Å²) in [5.74, 6) is -0.816. The third-order valence-electron chi connectivity index (χ3n) is 4.02. The molecule has 0 bridgehead atoms. The van der Waals surface area contributed by atoms with E-state index in [1.165, 1.54) is 22.2 Å². The molecule has 0 fully saturated rings. The van der Waals surface area contributed by atoms with Crippen molar-refractivity contribution in [2.24, 2.45) is 5.92 Å². The Kier molecular flexibility index (Phi) is 7.53. The van der Waals surface area contributed by atoms with Gasteiger partial charge >= 0.3 is 11.9 Å². The van der Waals surface area contributed by atoms with Crippen LogP contribution in [0.5, 0.6) is 0 Å². The minimum Gasteiger partial charge on any atom is -0.464 e. The van der Waals surface area contributed by atoms with E-state index < -0.39 is 23.5 Å². The minimum absolute atomic E-state index is 0.194. The van der Waals surface area contributed by atoms with Crippen LogP contribution in [-0.2, 0) is 14.3 Å². The van der Waals surface area contributed by atoms with Crippen molar-refractivity contribution in [2.45, 2.75) is 53.0 Å². The molecule has 1 unspecified atom stereocenters. The molecule has 0 aromatic carbocycles. The van der Waals surface area contributed by atoms with Crippen molar-refractivity contribution in [3.8, 4) is 0 Å². The fourth-order valence-corrected chi connectivity index (χ4v) is 3.39. The van der Waals surface area contributed by atoms with Crippen molar-refractivity contribution in [3.05, 3.63) is 27.6 Å². The summed E-state index contributed by atoms with van der Waals surface area (Å²) in [7, 11) is 0. The number of unbranched alkanes of at least 4 members (excludes halogenated alkanes) is 1. The summed E-state index contributed by atoms with van der Waals surface area (Å²) < 4.78 is 11.8. The van der Waals surface area contributed by atoms with Crippen LogP contribution >= 0.6 is 11.3 Å². The molecule has 0 spiro atoms. The molecule has 1 atom stereocenters. The number of fused-ring (bicyclic) bond motifs is 1. The van der Waals surface area contributed by atoms with Crippen LogP contribution in [0, 0.1) is 5.92 Å². The van der Waals surface area contributed by atoms with E-state index >= 15 is 0 Å². The summed E-state index contributed by atoms with van der Waals surface area (Å²) in [6.45, 7) is 8.27. The van der Waals surface area contributed by atoms with Gasteiger partial charge in [-0.05, 0) is 18.8 Å². The lowest BCUT2D eigenvalue weighted by Crippen LogP contribution is -2.32. The summed E-state index contributed by atoms with van der Waals surface area (Å²) in [4.78, 5) is 42.4. The molecule has 2 aromatic rings. The van der Waals surface area contributed by atoms with Crippen molar-refractivity contribution >= 4 is 33.5 Å². The molecule has 27 heavy (non-hydrogen) atoms. The molecule has 148 valence electrons. The van der Waals surface area contributed by atoms with Gasteiger partial charge in [0.05, 0.1) is 30.5 Å². The summed E-state index contributed by atoms with van der Waals surface area (Å²) >= 11 is 1.20. The number of carbonyl (C=O) groups is 2. The van der Waals surface area contributed by atoms with Crippen LogP contribution in [0.1, 0.15) is 63.4 Å². The van der Waals surface area contributed by atoms with E-state index in [9.17, 15) is 14.4 Å². The van der Waals surface area contributed by atoms with Gasteiger partial charge < -0.3 is 9.47 Å². The maximum atomic E-state index is 13.0. The standard InChI is InChI=1S/C19H26N2O5S/c1-5-7-8-25-18(23)13-10-27-16-15(13)17(22)21(11-20-16)14(6-2)19(24)26-9-12(3)4/h10-12,14H,5-9H2,1-4H3. The molecule has 2 rings (SSSR count). The minimum atomic E-state index is -0.781. The third-order valence-corrected chi connectivity index (χ3v) is 4.91. The Bertz CT molecular complexity index is 855. The predicted molar refractivity (Wildman–Crippen MR) is 104 cm³/mol. The number of thiophene rings is 1. The molecule has 0 radical (unpaired) electrons. The van der Waals surface area contributed by atoms with E-state index in [0.717, 1.165) is 12.8 Å². The van der Waals surface area contributed by atoms with Gasteiger partial charge in [-0.2, -0.15) is 0 Å². The van der Waals surface area contributed by atoms with Crippen LogP contribution in [0.15, 0.2) is 16.5 Å². The van der Waals surface area contributed by atoms with Gasteiger partial charge in [-0.1, -0.05) is 34.1 Å². The lowest BCUT2D eigenvalue weighted by Gasteiger charge is -2.17. The Labute approximate surface area is 162 Å². The number of hydrogen-bond acceptors (Lipinski definition) is 7. The van der Waals surface area contributed by atoms with Gasteiger partial charge in [0.2, 0.25) is 0 Å². The van der Waals surface area contributed by atoms with Crippen LogP contribution in [0.25, 0.3) is 10.2 Å². The smallest absolute Gasteiger partial charge is 0.339 e. The second-order valence-electron chi connectivity index (χ2n) is 6.72. The van der Waals surface area contributed by atoms with Gasteiger partial charge in [0, 0.05) is 5.38 Å². The largest absolute Gasteiger partial charge is 0.464 e. The van der Waals surface area contributed by atoms with Gasteiger partial charge in [0.1, 0.15) is 10.9 Å². The van der Waals surface area contributed by atoms with E-state index in [1.54, 1.807) is 12.3 Å². The summed E-state index contributed by atoms with van der Waals surface area (Å²) in [5, 5.41) is 1.77. The second kappa shape index (κ2) is 9.64. The first-order valence-corrected chi connectivity index (χ1v) is 10.1. The third kappa shape index (κ3) is 4.94. The zero-order chi connectivity index (χ0) is 20.0. The Hall–Kier alpha value is -2.22. The molecular formula is C19H26N2O5S. The highest BCUT2D eigenvalue weighted by Gasteiger charge is 2.25. The summed E-state index contributed by atoms with van der Waals surface area (Å²) in [5.41, 5.74) is -0.236. The highest BCUT2D eigenvalue weighted by molar-refractivity contribution is 7.17. The molecule has 7 nitrogen and oxygen atoms in total. The van der Waals surface area contributed by atoms with Crippen LogP contribution in [0.4, 0.5) is 0 Å². The van der Waals surface area contributed by atoms with Crippen molar-refractivity contribution in [1.82, 2.24) is 9.55 Å². The Balaban J connectivity index is 2.37. The molecule has 0 amide bonds. The average Bonchev–Trinajstić information content (AvgIpc) is 3.07. The molecule has 0 N–H and O–H groups in total. The molecule has 0 aliphatic heterocycles. The zero-order valence-corrected chi connectivity index (χ0v) is 17.0. The second-order valence-corrected chi connectivity index (χ2v) is 7.58. The quantitative estimate of drug-likeness (QED) is 0.477. The summed E-state index contributed by atoms with van der Waals surface area (Å²) in [6, 6.07) is -0.781. The fraction of sp³-hybridized carbons (Fsp3) is 0.579. The van der Waals surface area contributed by atoms with Gasteiger partial charge in [0.25, 0.3) is 5.56 Å². The monoisotopic (exact) mass is 394 g/mol. The first-order chi connectivity index (χ1) is 12.9. The lowest BCUT2D eigenvalue weighted by atomic mass is 10.2. The Morgan fingerprint density at radius 1 is 1.26 bits per heavy atom. The molecular weight excluding hydrogens is 368 g/mol. The topological polar surface area (TPSA) is 87.5 Å². The van der Waals surface area contributed by atoms with Crippen molar-refractivity contribution in [1.29, 1.82) is 0 Å². The highest BCUT2D eigenvalue weighted by atomic mass is 32.1. The molecule has 0 aliphatic carbocycles. The maximum Gasteiger partial charge on any atom is 0.339 e. The first kappa shape index (κ1) is 21.1. The SMILES string of the molecule is CCCCOC(=O)c1csc2ncn(C(CC)C(=O)OCC(C)C)c(=O)c12. The zero-order valence-electron chi connectivity index (χ0n) is 16.2. The van der Waals surface area contributed by atoms with E-state index in [-0.39, 0.29) is 23.5 Å². The fourth-order valence-electron chi connectivity index (χ4n) is 2.53. The van der Waals surface area contributed by atoms with E-state index in [0.29, 0.717) is 17.9 Å². The Morgan fingerprint density at radius 2 is 2.00 bits per heavy atom. The van der Waals surface area contributed by atoms with Crippen LogP contribution in [0.3, 0.4) is 0 Å². The van der Waals surface area contributed by atoms with E-state index in [4.69, 9.17) is 9.47 Å². The van der Waals surface area contributed by atoms with Gasteiger partial charge in [-0.3, -0.25) is 9.36 Å². The van der Waals surface area contributed by atoms with Gasteiger partial charge in [-0.15, -0.1) is 11.3 Å². The predicted octanol–water partition coefficient (Wildman–Crippen LogP) is 3.57. The number of hydrogen-bond donors (Lipinski definition) is 0. The normalized spacial score (nSPS) is 12.3. The molecule has 0 aliphatic rings.